The molecular weight excluding hydrogens is 316 g/mol. The number of aliphatic hydroxyl groups is 1. The number of carbonyl (C=O) groups is 3. The van der Waals surface area contributed by atoms with Gasteiger partial charge in [0, 0.05) is 0 Å². The topological polar surface area (TPSA) is 114 Å². The van der Waals surface area contributed by atoms with Crippen LogP contribution >= 0.6 is 0 Å². The van der Waals surface area contributed by atoms with Gasteiger partial charge in [-0.3, -0.25) is 9.59 Å². The van der Waals surface area contributed by atoms with Gasteiger partial charge in [0.2, 0.25) is 5.91 Å². The number of hydrogen-bond donors (Lipinski definition) is 3. The summed E-state index contributed by atoms with van der Waals surface area (Å²) in [6, 6.07) is 7.76. The fraction of sp³-hybridized carbons (Fsp3) is 0.438. The smallest absolute Gasteiger partial charge is 0.408 e. The van der Waals surface area contributed by atoms with E-state index < -0.39 is 30.1 Å². The zero-order valence-corrected chi connectivity index (χ0v) is 13.7. The molecule has 0 aliphatic heterocycles. The van der Waals surface area contributed by atoms with Crippen LogP contribution in [0.2, 0.25) is 0 Å². The van der Waals surface area contributed by atoms with Crippen molar-refractivity contribution in [3.05, 3.63) is 35.9 Å². The van der Waals surface area contributed by atoms with E-state index in [-0.39, 0.29) is 19.8 Å². The Morgan fingerprint density at radius 1 is 1.17 bits per heavy atom. The number of esters is 1. The number of alkyl carbamates (subject to hydrolysis) is 1. The Bertz CT molecular complexity index is 547. The number of benzene rings is 1. The van der Waals surface area contributed by atoms with E-state index in [1.165, 1.54) is 6.92 Å². The first-order chi connectivity index (χ1) is 11.4. The third-order valence-corrected chi connectivity index (χ3v) is 2.96. The van der Waals surface area contributed by atoms with E-state index in [1.807, 2.05) is 6.07 Å². The van der Waals surface area contributed by atoms with Gasteiger partial charge in [0.05, 0.1) is 12.7 Å². The van der Waals surface area contributed by atoms with Crippen molar-refractivity contribution in [3.63, 3.8) is 0 Å². The molecule has 0 radical (unpaired) electrons. The third-order valence-electron chi connectivity index (χ3n) is 2.96. The summed E-state index contributed by atoms with van der Waals surface area (Å²) in [5.74, 6) is -1.32. The Kier molecular flexibility index (Phi) is 8.28. The van der Waals surface area contributed by atoms with Crippen molar-refractivity contribution in [2.45, 2.75) is 32.6 Å². The van der Waals surface area contributed by atoms with E-state index in [1.54, 1.807) is 31.2 Å². The maximum Gasteiger partial charge on any atom is 0.408 e. The van der Waals surface area contributed by atoms with Crippen LogP contribution in [0.15, 0.2) is 30.3 Å². The number of rotatable bonds is 8. The Balaban J connectivity index is 2.47. The molecule has 1 rings (SSSR count). The van der Waals surface area contributed by atoms with Crippen LogP contribution in [0.4, 0.5) is 4.79 Å². The summed E-state index contributed by atoms with van der Waals surface area (Å²) in [4.78, 5) is 34.9. The Morgan fingerprint density at radius 2 is 1.83 bits per heavy atom. The van der Waals surface area contributed by atoms with Crippen LogP contribution in [0.5, 0.6) is 0 Å². The zero-order valence-electron chi connectivity index (χ0n) is 13.7. The maximum absolute atomic E-state index is 12.0. The predicted octanol–water partition coefficient (Wildman–Crippen LogP) is 0.341. The van der Waals surface area contributed by atoms with Crippen molar-refractivity contribution in [1.29, 1.82) is 0 Å². The highest BCUT2D eigenvalue weighted by Gasteiger charge is 2.26. The number of amides is 2. The lowest BCUT2D eigenvalue weighted by atomic mass is 10.1. The fourth-order valence-electron chi connectivity index (χ4n) is 1.78. The van der Waals surface area contributed by atoms with Gasteiger partial charge in [0.25, 0.3) is 0 Å². The summed E-state index contributed by atoms with van der Waals surface area (Å²) in [6.07, 6.45) is -2.02. The molecule has 0 fully saturated rings. The van der Waals surface area contributed by atoms with Crippen LogP contribution in [0.3, 0.4) is 0 Å². The van der Waals surface area contributed by atoms with Gasteiger partial charge < -0.3 is 25.2 Å². The highest BCUT2D eigenvalue weighted by atomic mass is 16.5. The lowest BCUT2D eigenvalue weighted by molar-refractivity contribution is -0.143. The lowest BCUT2D eigenvalue weighted by Crippen LogP contribution is -2.53. The molecule has 1 aromatic carbocycles. The van der Waals surface area contributed by atoms with E-state index in [4.69, 9.17) is 4.74 Å². The molecule has 0 saturated heterocycles. The number of hydrogen-bond acceptors (Lipinski definition) is 6. The summed E-state index contributed by atoms with van der Waals surface area (Å²) in [7, 11) is 0. The normalized spacial score (nSPS) is 12.6. The molecule has 0 bridgehead atoms. The van der Waals surface area contributed by atoms with Gasteiger partial charge >= 0.3 is 12.1 Å². The van der Waals surface area contributed by atoms with Gasteiger partial charge in [-0.25, -0.2) is 4.79 Å². The lowest BCUT2D eigenvalue weighted by Gasteiger charge is -2.20. The minimum absolute atomic E-state index is 0.0314. The van der Waals surface area contributed by atoms with Crippen molar-refractivity contribution in [1.82, 2.24) is 10.6 Å². The molecule has 0 saturated carbocycles. The number of nitrogens with one attached hydrogen (secondary N) is 2. The molecule has 2 amide bonds. The Hall–Kier alpha value is -2.61. The molecule has 8 nitrogen and oxygen atoms in total. The molecule has 2 atom stereocenters. The highest BCUT2D eigenvalue weighted by molar-refractivity contribution is 5.88. The SMILES string of the molecule is CCOC(=O)CNC(=O)[C@@H](NC(=O)OCc1ccccc1)[C@H](C)O. The van der Waals surface area contributed by atoms with E-state index >= 15 is 0 Å². The van der Waals surface area contributed by atoms with Gasteiger partial charge in [-0.1, -0.05) is 30.3 Å². The average Bonchev–Trinajstić information content (AvgIpc) is 2.56. The standard InChI is InChI=1S/C16H22N2O6/c1-3-23-13(20)9-17-15(21)14(11(2)19)18-16(22)24-10-12-7-5-4-6-8-12/h4-8,11,14,19H,3,9-10H2,1-2H3,(H,17,21)(H,18,22)/t11-,14-/m0/s1. The Morgan fingerprint density at radius 3 is 2.42 bits per heavy atom. The molecule has 24 heavy (non-hydrogen) atoms. The largest absolute Gasteiger partial charge is 0.465 e. The number of carbonyl (C=O) groups excluding carboxylic acids is 3. The van der Waals surface area contributed by atoms with Gasteiger partial charge in [0.15, 0.2) is 0 Å². The van der Waals surface area contributed by atoms with E-state index in [0.29, 0.717) is 0 Å². The molecular formula is C16H22N2O6. The van der Waals surface area contributed by atoms with Gasteiger partial charge in [-0.2, -0.15) is 0 Å². The average molecular weight is 338 g/mol. The van der Waals surface area contributed by atoms with Crippen molar-refractivity contribution in [3.8, 4) is 0 Å². The second-order valence-electron chi connectivity index (χ2n) is 4.95. The fourth-order valence-corrected chi connectivity index (χ4v) is 1.78. The minimum atomic E-state index is -1.25. The van der Waals surface area contributed by atoms with Gasteiger partial charge in [0.1, 0.15) is 19.2 Å². The zero-order chi connectivity index (χ0) is 17.9. The van der Waals surface area contributed by atoms with Gasteiger partial charge in [-0.05, 0) is 19.4 Å². The van der Waals surface area contributed by atoms with Crippen molar-refractivity contribution in [2.75, 3.05) is 13.2 Å². The van der Waals surface area contributed by atoms with Crippen LogP contribution in [-0.2, 0) is 25.7 Å². The van der Waals surface area contributed by atoms with Crippen LogP contribution in [-0.4, -0.2) is 48.4 Å². The third kappa shape index (κ3) is 7.10. The second-order valence-corrected chi connectivity index (χ2v) is 4.95. The van der Waals surface area contributed by atoms with Crippen LogP contribution < -0.4 is 10.6 Å². The van der Waals surface area contributed by atoms with Crippen molar-refractivity contribution >= 4 is 18.0 Å². The van der Waals surface area contributed by atoms with Crippen LogP contribution in [0.1, 0.15) is 19.4 Å². The van der Waals surface area contributed by atoms with Crippen molar-refractivity contribution < 1.29 is 29.0 Å². The molecule has 0 heterocycles. The second kappa shape index (κ2) is 10.2. The first kappa shape index (κ1) is 19.4. The molecule has 0 aliphatic carbocycles. The Labute approximate surface area is 140 Å². The molecule has 1 aromatic rings. The number of aliphatic hydroxyl groups excluding tert-OH is 1. The van der Waals surface area contributed by atoms with E-state index in [2.05, 4.69) is 15.4 Å². The van der Waals surface area contributed by atoms with Crippen molar-refractivity contribution in [2.24, 2.45) is 0 Å². The quantitative estimate of drug-likeness (QED) is 0.589. The molecule has 0 unspecified atom stereocenters. The minimum Gasteiger partial charge on any atom is -0.465 e. The predicted molar refractivity (Wildman–Crippen MR) is 84.9 cm³/mol. The summed E-state index contributed by atoms with van der Waals surface area (Å²) in [6.45, 7) is 2.85. The van der Waals surface area contributed by atoms with Gasteiger partial charge in [-0.15, -0.1) is 0 Å². The maximum atomic E-state index is 12.0. The molecule has 0 aliphatic rings. The monoisotopic (exact) mass is 338 g/mol. The van der Waals surface area contributed by atoms with E-state index in [0.717, 1.165) is 5.56 Å². The van der Waals surface area contributed by atoms with Crippen LogP contribution in [0.25, 0.3) is 0 Å². The molecule has 132 valence electrons. The summed E-state index contributed by atoms with van der Waals surface area (Å²) in [5, 5.41) is 14.2. The van der Waals surface area contributed by atoms with Crippen LogP contribution in [0, 0.1) is 0 Å². The molecule has 0 spiro atoms. The summed E-state index contributed by atoms with van der Waals surface area (Å²) < 4.78 is 9.66. The first-order valence-electron chi connectivity index (χ1n) is 7.52. The highest BCUT2D eigenvalue weighted by Crippen LogP contribution is 2.01. The molecule has 3 N–H and O–H groups in total. The number of ether oxygens (including phenoxy) is 2. The van der Waals surface area contributed by atoms with E-state index in [9.17, 15) is 19.5 Å². The molecule has 0 aromatic heterocycles. The summed E-state index contributed by atoms with van der Waals surface area (Å²) in [5.41, 5.74) is 0.785. The first-order valence-corrected chi connectivity index (χ1v) is 7.52. The summed E-state index contributed by atoms with van der Waals surface area (Å²) >= 11 is 0. The molecule has 8 heteroatoms.